The minimum atomic E-state index is 0.378. The lowest BCUT2D eigenvalue weighted by Gasteiger charge is -2.46. The van der Waals surface area contributed by atoms with Gasteiger partial charge in [0.1, 0.15) is 0 Å². The van der Waals surface area contributed by atoms with Crippen LogP contribution >= 0.6 is 0 Å². The zero-order valence-electron chi connectivity index (χ0n) is 11.8. The minimum Gasteiger partial charge on any atom is -0.381 e. The van der Waals surface area contributed by atoms with Crippen LogP contribution in [0.1, 0.15) is 51.0 Å². The highest BCUT2D eigenvalue weighted by Crippen LogP contribution is 2.45. The van der Waals surface area contributed by atoms with Crippen LogP contribution < -0.4 is 10.2 Å². The molecule has 1 heterocycles. The number of nitrogens with one attached hydrogen (secondary N) is 1. The lowest BCUT2D eigenvalue weighted by atomic mass is 9.89. The van der Waals surface area contributed by atoms with E-state index >= 15 is 0 Å². The molecule has 1 aliphatic heterocycles. The molecule has 0 aromatic heterocycles. The van der Waals surface area contributed by atoms with E-state index in [9.17, 15) is 0 Å². The summed E-state index contributed by atoms with van der Waals surface area (Å²) in [5.41, 5.74) is 4.59. The lowest BCUT2D eigenvalue weighted by molar-refractivity contribution is 0.428. The molecule has 1 aromatic rings. The summed E-state index contributed by atoms with van der Waals surface area (Å²) in [7, 11) is 2.29. The topological polar surface area (TPSA) is 15.3 Å². The quantitative estimate of drug-likeness (QED) is 0.803. The Kier molecular flexibility index (Phi) is 2.76. The summed E-state index contributed by atoms with van der Waals surface area (Å²) in [6.07, 6.45) is 5.43. The van der Waals surface area contributed by atoms with Crippen LogP contribution in [0.3, 0.4) is 0 Å². The van der Waals surface area contributed by atoms with E-state index in [1.165, 1.54) is 42.6 Å². The molecule has 1 fully saturated rings. The molecular formula is C16H24N2. The lowest BCUT2D eigenvalue weighted by Crippen LogP contribution is -2.52. The maximum absolute atomic E-state index is 3.73. The first-order chi connectivity index (χ1) is 8.64. The standard InChI is InChI=1S/C16H24N2/c1-12(2)13-7-6-8-14-15(13)17-11-16(18(14)3)9-4-5-10-16/h6-8,12,17H,4-5,9-11H2,1-3H3. The predicted octanol–water partition coefficient (Wildman–Crippen LogP) is 3.98. The Labute approximate surface area is 110 Å². The van der Waals surface area contributed by atoms with Gasteiger partial charge in [0.15, 0.2) is 0 Å². The van der Waals surface area contributed by atoms with Crippen molar-refractivity contribution < 1.29 is 0 Å². The van der Waals surface area contributed by atoms with Crippen molar-refractivity contribution in [3.8, 4) is 0 Å². The molecule has 0 amide bonds. The van der Waals surface area contributed by atoms with Crippen molar-refractivity contribution in [3.05, 3.63) is 23.8 Å². The van der Waals surface area contributed by atoms with E-state index < -0.39 is 0 Å². The van der Waals surface area contributed by atoms with Gasteiger partial charge >= 0.3 is 0 Å². The summed E-state index contributed by atoms with van der Waals surface area (Å²) in [6, 6.07) is 6.74. The first-order valence-corrected chi connectivity index (χ1v) is 7.25. The smallest absolute Gasteiger partial charge is 0.0614 e. The second-order valence-corrected chi connectivity index (χ2v) is 6.24. The fourth-order valence-corrected chi connectivity index (χ4v) is 3.68. The Morgan fingerprint density at radius 2 is 1.94 bits per heavy atom. The second-order valence-electron chi connectivity index (χ2n) is 6.24. The zero-order chi connectivity index (χ0) is 12.8. The van der Waals surface area contributed by atoms with Gasteiger partial charge < -0.3 is 10.2 Å². The molecule has 2 heteroatoms. The Hall–Kier alpha value is -1.18. The van der Waals surface area contributed by atoms with Gasteiger partial charge in [0.05, 0.1) is 16.9 Å². The van der Waals surface area contributed by atoms with Crippen molar-refractivity contribution in [2.75, 3.05) is 23.8 Å². The number of fused-ring (bicyclic) bond motifs is 1. The number of hydrogen-bond acceptors (Lipinski definition) is 2. The average molecular weight is 244 g/mol. The van der Waals surface area contributed by atoms with Gasteiger partial charge in [0, 0.05) is 13.6 Å². The van der Waals surface area contributed by atoms with E-state index in [1.54, 1.807) is 0 Å². The van der Waals surface area contributed by atoms with Crippen molar-refractivity contribution in [3.63, 3.8) is 0 Å². The normalized spacial score (nSPS) is 21.2. The van der Waals surface area contributed by atoms with Gasteiger partial charge in [-0.15, -0.1) is 0 Å². The fourth-order valence-electron chi connectivity index (χ4n) is 3.68. The molecule has 0 unspecified atom stereocenters. The van der Waals surface area contributed by atoms with Gasteiger partial charge in [-0.3, -0.25) is 0 Å². The summed E-state index contributed by atoms with van der Waals surface area (Å²) in [6.45, 7) is 5.66. The Morgan fingerprint density at radius 1 is 1.22 bits per heavy atom. The number of benzene rings is 1. The van der Waals surface area contributed by atoms with Crippen LogP contribution in [0, 0.1) is 0 Å². The van der Waals surface area contributed by atoms with Gasteiger partial charge in [0.2, 0.25) is 0 Å². The minimum absolute atomic E-state index is 0.378. The van der Waals surface area contributed by atoms with Crippen LogP contribution in [0.15, 0.2) is 18.2 Å². The molecule has 0 atom stereocenters. The molecule has 1 spiro atoms. The number of likely N-dealkylation sites (N-methyl/N-ethyl adjacent to an activating group) is 1. The monoisotopic (exact) mass is 244 g/mol. The number of hydrogen-bond donors (Lipinski definition) is 1. The van der Waals surface area contributed by atoms with Gasteiger partial charge in [-0.2, -0.15) is 0 Å². The third-order valence-electron chi connectivity index (χ3n) is 4.90. The van der Waals surface area contributed by atoms with E-state index in [0.717, 1.165) is 6.54 Å². The third-order valence-corrected chi connectivity index (χ3v) is 4.90. The fraction of sp³-hybridized carbons (Fsp3) is 0.625. The van der Waals surface area contributed by atoms with E-state index in [0.29, 0.717) is 11.5 Å². The molecule has 2 nitrogen and oxygen atoms in total. The van der Waals surface area contributed by atoms with Crippen LogP contribution in [0.4, 0.5) is 11.4 Å². The molecule has 0 radical (unpaired) electrons. The van der Waals surface area contributed by atoms with Crippen molar-refractivity contribution in [2.24, 2.45) is 0 Å². The highest BCUT2D eigenvalue weighted by atomic mass is 15.2. The highest BCUT2D eigenvalue weighted by Gasteiger charge is 2.41. The molecule has 0 saturated heterocycles. The number of anilines is 2. The van der Waals surface area contributed by atoms with Gasteiger partial charge in [-0.25, -0.2) is 0 Å². The molecule has 18 heavy (non-hydrogen) atoms. The maximum Gasteiger partial charge on any atom is 0.0614 e. The van der Waals surface area contributed by atoms with Crippen molar-refractivity contribution in [1.29, 1.82) is 0 Å². The molecule has 1 saturated carbocycles. The number of nitrogens with zero attached hydrogens (tertiary/aromatic N) is 1. The van der Waals surface area contributed by atoms with Gasteiger partial charge in [-0.1, -0.05) is 38.8 Å². The van der Waals surface area contributed by atoms with Gasteiger partial charge in [0.25, 0.3) is 0 Å². The summed E-state index contributed by atoms with van der Waals surface area (Å²) < 4.78 is 0. The van der Waals surface area contributed by atoms with Crippen LogP contribution in [-0.2, 0) is 0 Å². The molecule has 1 aromatic carbocycles. The van der Waals surface area contributed by atoms with E-state index in [4.69, 9.17) is 0 Å². The van der Waals surface area contributed by atoms with Crippen LogP contribution in [0.2, 0.25) is 0 Å². The summed E-state index contributed by atoms with van der Waals surface area (Å²) in [5.74, 6) is 0.582. The highest BCUT2D eigenvalue weighted by molar-refractivity contribution is 5.77. The van der Waals surface area contributed by atoms with Crippen molar-refractivity contribution in [2.45, 2.75) is 51.0 Å². The Morgan fingerprint density at radius 3 is 2.61 bits per heavy atom. The van der Waals surface area contributed by atoms with Crippen LogP contribution in [-0.4, -0.2) is 19.1 Å². The molecular weight excluding hydrogens is 220 g/mol. The number of para-hydroxylation sites is 1. The second kappa shape index (κ2) is 4.18. The number of rotatable bonds is 1. The van der Waals surface area contributed by atoms with Crippen LogP contribution in [0.25, 0.3) is 0 Å². The van der Waals surface area contributed by atoms with Crippen molar-refractivity contribution >= 4 is 11.4 Å². The summed E-state index contributed by atoms with van der Waals surface area (Å²) >= 11 is 0. The molecule has 0 bridgehead atoms. The summed E-state index contributed by atoms with van der Waals surface area (Å²) in [4.78, 5) is 2.55. The SMILES string of the molecule is CC(C)c1cccc2c1NCC1(CCCC1)N2C. The summed E-state index contributed by atoms with van der Waals surface area (Å²) in [5, 5.41) is 3.73. The molecule has 3 rings (SSSR count). The van der Waals surface area contributed by atoms with Gasteiger partial charge in [-0.05, 0) is 30.4 Å². The predicted molar refractivity (Wildman–Crippen MR) is 78.6 cm³/mol. The maximum atomic E-state index is 3.73. The molecule has 1 aliphatic carbocycles. The van der Waals surface area contributed by atoms with E-state index in [2.05, 4.69) is 49.3 Å². The van der Waals surface area contributed by atoms with E-state index in [1.807, 2.05) is 0 Å². The Balaban J connectivity index is 2.04. The molecule has 2 aliphatic rings. The Bertz CT molecular complexity index is 444. The first kappa shape index (κ1) is 11.9. The van der Waals surface area contributed by atoms with Crippen molar-refractivity contribution in [1.82, 2.24) is 0 Å². The van der Waals surface area contributed by atoms with E-state index in [-0.39, 0.29) is 0 Å². The molecule has 98 valence electrons. The zero-order valence-corrected chi connectivity index (χ0v) is 11.8. The molecule has 1 N–H and O–H groups in total. The first-order valence-electron chi connectivity index (χ1n) is 7.25. The largest absolute Gasteiger partial charge is 0.381 e. The average Bonchev–Trinajstić information content (AvgIpc) is 2.83. The third kappa shape index (κ3) is 1.62. The van der Waals surface area contributed by atoms with Crippen LogP contribution in [0.5, 0.6) is 0 Å².